The summed E-state index contributed by atoms with van der Waals surface area (Å²) in [5, 5.41) is 6.40. The fraction of sp³-hybridized carbons (Fsp3) is 0.786. The van der Waals surface area contributed by atoms with Gasteiger partial charge in [-0.1, -0.05) is 26.7 Å². The molecule has 0 aromatic rings. The highest BCUT2D eigenvalue weighted by atomic mass is 16.1. The summed E-state index contributed by atoms with van der Waals surface area (Å²) in [5.41, 5.74) is 2.19. The van der Waals surface area contributed by atoms with Crippen molar-refractivity contribution in [3.05, 3.63) is 11.1 Å². The van der Waals surface area contributed by atoms with Gasteiger partial charge in [-0.25, -0.2) is 0 Å². The van der Waals surface area contributed by atoms with Gasteiger partial charge < -0.3 is 10.6 Å². The predicted molar refractivity (Wildman–Crippen MR) is 69.7 cm³/mol. The second-order valence-electron chi connectivity index (χ2n) is 5.68. The Morgan fingerprint density at radius 2 is 2.00 bits per heavy atom. The summed E-state index contributed by atoms with van der Waals surface area (Å²) in [6, 6.07) is 0.370. The molecule has 2 aliphatic rings. The highest BCUT2D eigenvalue weighted by Gasteiger charge is 2.28. The maximum Gasteiger partial charge on any atom is 0.247 e. The molecule has 3 atom stereocenters. The first-order valence-electron chi connectivity index (χ1n) is 6.79. The van der Waals surface area contributed by atoms with Gasteiger partial charge >= 0.3 is 0 Å². The lowest BCUT2D eigenvalue weighted by molar-refractivity contribution is -0.118. The molecule has 2 N–H and O–H groups in total. The molecule has 1 amide bonds. The molecular weight excluding hydrogens is 212 g/mol. The smallest absolute Gasteiger partial charge is 0.247 e. The number of amides is 1. The van der Waals surface area contributed by atoms with Crippen molar-refractivity contribution in [2.24, 2.45) is 11.8 Å². The topological polar surface area (TPSA) is 41.1 Å². The Morgan fingerprint density at radius 3 is 2.59 bits per heavy atom. The van der Waals surface area contributed by atoms with Crippen molar-refractivity contribution in [2.75, 3.05) is 13.1 Å². The van der Waals surface area contributed by atoms with Crippen LogP contribution in [0.25, 0.3) is 0 Å². The van der Waals surface area contributed by atoms with Crippen LogP contribution in [0.5, 0.6) is 0 Å². The molecule has 0 aromatic heterocycles. The number of carbonyl (C=O) groups excluding carboxylic acids is 1. The van der Waals surface area contributed by atoms with Crippen molar-refractivity contribution in [1.29, 1.82) is 0 Å². The van der Waals surface area contributed by atoms with Crippen molar-refractivity contribution in [3.8, 4) is 0 Å². The summed E-state index contributed by atoms with van der Waals surface area (Å²) in [6.07, 6.45) is 3.68. The molecule has 0 radical (unpaired) electrons. The Morgan fingerprint density at radius 1 is 1.29 bits per heavy atom. The third kappa shape index (κ3) is 2.71. The molecule has 17 heavy (non-hydrogen) atoms. The molecule has 3 unspecified atom stereocenters. The van der Waals surface area contributed by atoms with E-state index in [2.05, 4.69) is 24.5 Å². The SMILES string of the molecule is CC(C(=O)NC1CCCC(C)C1C)=C1CNC1. The summed E-state index contributed by atoms with van der Waals surface area (Å²) in [6.45, 7) is 8.28. The van der Waals surface area contributed by atoms with Crippen LogP contribution in [0.15, 0.2) is 11.1 Å². The molecule has 1 heterocycles. The van der Waals surface area contributed by atoms with Gasteiger partial charge in [0.1, 0.15) is 0 Å². The number of hydrogen-bond donors (Lipinski definition) is 2. The van der Waals surface area contributed by atoms with Gasteiger partial charge in [0.15, 0.2) is 0 Å². The molecule has 1 aliphatic heterocycles. The molecular formula is C14H24N2O. The van der Waals surface area contributed by atoms with Crippen molar-refractivity contribution in [2.45, 2.75) is 46.1 Å². The van der Waals surface area contributed by atoms with E-state index in [1.54, 1.807) is 0 Å². The van der Waals surface area contributed by atoms with Gasteiger partial charge in [0.2, 0.25) is 5.91 Å². The molecule has 3 heteroatoms. The first-order chi connectivity index (χ1) is 8.09. The summed E-state index contributed by atoms with van der Waals surface area (Å²) >= 11 is 0. The van der Waals surface area contributed by atoms with Gasteiger partial charge in [0.25, 0.3) is 0 Å². The van der Waals surface area contributed by atoms with Crippen molar-refractivity contribution in [1.82, 2.24) is 10.6 Å². The van der Waals surface area contributed by atoms with Crippen LogP contribution in [0.4, 0.5) is 0 Å². The Kier molecular flexibility index (Phi) is 3.87. The highest BCUT2D eigenvalue weighted by Crippen LogP contribution is 2.29. The van der Waals surface area contributed by atoms with Gasteiger partial charge in [-0.2, -0.15) is 0 Å². The van der Waals surface area contributed by atoms with Crippen LogP contribution in [-0.4, -0.2) is 25.0 Å². The first-order valence-corrected chi connectivity index (χ1v) is 6.79. The van der Waals surface area contributed by atoms with Gasteiger partial charge in [-0.3, -0.25) is 4.79 Å². The summed E-state index contributed by atoms with van der Waals surface area (Å²) in [4.78, 5) is 12.1. The molecule has 0 spiro atoms. The maximum absolute atomic E-state index is 12.1. The van der Waals surface area contributed by atoms with Crippen LogP contribution < -0.4 is 10.6 Å². The molecule has 2 fully saturated rings. The summed E-state index contributed by atoms with van der Waals surface area (Å²) in [5.74, 6) is 1.48. The monoisotopic (exact) mass is 236 g/mol. The van der Waals surface area contributed by atoms with Gasteiger partial charge in [-0.15, -0.1) is 0 Å². The molecule has 2 rings (SSSR count). The van der Waals surface area contributed by atoms with E-state index in [-0.39, 0.29) is 5.91 Å². The summed E-state index contributed by atoms with van der Waals surface area (Å²) < 4.78 is 0. The van der Waals surface area contributed by atoms with E-state index in [0.717, 1.165) is 31.0 Å². The molecule has 1 saturated carbocycles. The molecule has 1 saturated heterocycles. The predicted octanol–water partition coefficient (Wildman–Crippen LogP) is 1.85. The van der Waals surface area contributed by atoms with E-state index in [9.17, 15) is 4.79 Å². The first kappa shape index (κ1) is 12.6. The zero-order chi connectivity index (χ0) is 12.4. The van der Waals surface area contributed by atoms with Crippen LogP contribution in [0.2, 0.25) is 0 Å². The van der Waals surface area contributed by atoms with E-state index < -0.39 is 0 Å². The number of carbonyl (C=O) groups is 1. The van der Waals surface area contributed by atoms with E-state index in [0.29, 0.717) is 12.0 Å². The van der Waals surface area contributed by atoms with Crippen LogP contribution in [0.3, 0.4) is 0 Å². The Bertz CT molecular complexity index is 329. The molecule has 96 valence electrons. The zero-order valence-electron chi connectivity index (χ0n) is 11.2. The van der Waals surface area contributed by atoms with Crippen molar-refractivity contribution >= 4 is 5.91 Å². The quantitative estimate of drug-likeness (QED) is 0.718. The minimum atomic E-state index is 0.146. The second kappa shape index (κ2) is 5.21. The van der Waals surface area contributed by atoms with Gasteiger partial charge in [-0.05, 0) is 30.8 Å². The number of nitrogens with one attached hydrogen (secondary N) is 2. The van der Waals surface area contributed by atoms with E-state index in [1.165, 1.54) is 18.4 Å². The minimum absolute atomic E-state index is 0.146. The normalized spacial score (nSPS) is 32.9. The Balaban J connectivity index is 1.94. The Labute approximate surface area is 104 Å². The zero-order valence-corrected chi connectivity index (χ0v) is 11.2. The van der Waals surface area contributed by atoms with Crippen LogP contribution in [-0.2, 0) is 4.79 Å². The van der Waals surface area contributed by atoms with E-state index >= 15 is 0 Å². The van der Waals surface area contributed by atoms with Crippen molar-refractivity contribution in [3.63, 3.8) is 0 Å². The van der Waals surface area contributed by atoms with Crippen LogP contribution in [0.1, 0.15) is 40.0 Å². The average molecular weight is 236 g/mol. The molecule has 0 bridgehead atoms. The van der Waals surface area contributed by atoms with Gasteiger partial charge in [0, 0.05) is 24.7 Å². The minimum Gasteiger partial charge on any atom is -0.349 e. The molecule has 1 aliphatic carbocycles. The highest BCUT2D eigenvalue weighted by molar-refractivity contribution is 5.94. The van der Waals surface area contributed by atoms with Gasteiger partial charge in [0.05, 0.1) is 0 Å². The lowest BCUT2D eigenvalue weighted by Crippen LogP contribution is -2.45. The molecule has 3 nitrogen and oxygen atoms in total. The molecule has 0 aromatic carbocycles. The van der Waals surface area contributed by atoms with Crippen LogP contribution in [0, 0.1) is 11.8 Å². The largest absolute Gasteiger partial charge is 0.349 e. The van der Waals surface area contributed by atoms with E-state index in [1.807, 2.05) is 6.92 Å². The lowest BCUT2D eigenvalue weighted by atomic mass is 9.78. The van der Waals surface area contributed by atoms with Crippen molar-refractivity contribution < 1.29 is 4.79 Å². The fourth-order valence-corrected chi connectivity index (χ4v) is 2.74. The number of rotatable bonds is 2. The fourth-order valence-electron chi connectivity index (χ4n) is 2.74. The van der Waals surface area contributed by atoms with Crippen LogP contribution >= 0.6 is 0 Å². The number of hydrogen-bond acceptors (Lipinski definition) is 2. The lowest BCUT2D eigenvalue weighted by Gasteiger charge is -2.35. The second-order valence-corrected chi connectivity index (χ2v) is 5.68. The Hall–Kier alpha value is -0.830. The standard InChI is InChI=1S/C14H24N2O/c1-9-5-4-6-13(10(9)2)16-14(17)11(3)12-7-15-8-12/h9-10,13,15H,4-8H2,1-3H3,(H,16,17). The third-order valence-electron chi connectivity index (χ3n) is 4.57. The van der Waals surface area contributed by atoms with E-state index in [4.69, 9.17) is 0 Å². The third-order valence-corrected chi connectivity index (χ3v) is 4.57. The maximum atomic E-state index is 12.1. The average Bonchev–Trinajstić information content (AvgIpc) is 2.22. The summed E-state index contributed by atoms with van der Waals surface area (Å²) in [7, 11) is 0.